The second-order valence-electron chi connectivity index (χ2n) is 4.94. The molecule has 0 aromatic rings. The molecule has 12 heavy (non-hydrogen) atoms. The lowest BCUT2D eigenvalue weighted by molar-refractivity contribution is -0.0151. The molecule has 1 aliphatic rings. The molecule has 0 atom stereocenters. The standard InChI is InChI=1S/C11H23N/c1-8(2)11(9(3)4)6-10(7-11)12-5/h8-10,12H,6-7H2,1-5H3. The summed E-state index contributed by atoms with van der Waals surface area (Å²) >= 11 is 0. The highest BCUT2D eigenvalue weighted by Crippen LogP contribution is 2.52. The van der Waals surface area contributed by atoms with Crippen molar-refractivity contribution in [1.29, 1.82) is 0 Å². The Balaban J connectivity index is 2.56. The first-order valence-electron chi connectivity index (χ1n) is 5.20. The molecule has 0 radical (unpaired) electrons. The zero-order valence-corrected chi connectivity index (χ0v) is 9.15. The summed E-state index contributed by atoms with van der Waals surface area (Å²) in [5, 5.41) is 3.37. The summed E-state index contributed by atoms with van der Waals surface area (Å²) in [7, 11) is 2.08. The van der Waals surface area contributed by atoms with Crippen LogP contribution in [-0.4, -0.2) is 13.1 Å². The topological polar surface area (TPSA) is 12.0 Å². The average molecular weight is 169 g/mol. The lowest BCUT2D eigenvalue weighted by Crippen LogP contribution is -2.53. The van der Waals surface area contributed by atoms with E-state index in [4.69, 9.17) is 0 Å². The first-order chi connectivity index (χ1) is 5.53. The van der Waals surface area contributed by atoms with E-state index < -0.39 is 0 Å². The van der Waals surface area contributed by atoms with Gasteiger partial charge in [0.1, 0.15) is 0 Å². The molecule has 0 unspecified atom stereocenters. The van der Waals surface area contributed by atoms with Crippen LogP contribution in [0.2, 0.25) is 0 Å². The maximum atomic E-state index is 3.37. The Bertz CT molecular complexity index is 133. The largest absolute Gasteiger partial charge is 0.317 e. The van der Waals surface area contributed by atoms with Crippen LogP contribution < -0.4 is 5.32 Å². The maximum absolute atomic E-state index is 3.37. The van der Waals surface area contributed by atoms with E-state index in [0.717, 1.165) is 17.9 Å². The quantitative estimate of drug-likeness (QED) is 0.685. The van der Waals surface area contributed by atoms with Crippen LogP contribution in [-0.2, 0) is 0 Å². The molecule has 0 aromatic carbocycles. The van der Waals surface area contributed by atoms with Gasteiger partial charge in [0.05, 0.1) is 0 Å². The third-order valence-corrected chi connectivity index (χ3v) is 3.96. The zero-order valence-electron chi connectivity index (χ0n) is 9.15. The molecule has 1 N–H and O–H groups in total. The first kappa shape index (κ1) is 10.0. The maximum Gasteiger partial charge on any atom is 0.00750 e. The number of hydrogen-bond donors (Lipinski definition) is 1. The van der Waals surface area contributed by atoms with Gasteiger partial charge in [-0.05, 0) is 37.1 Å². The van der Waals surface area contributed by atoms with Crippen LogP contribution in [0, 0.1) is 17.3 Å². The van der Waals surface area contributed by atoms with Crippen LogP contribution in [0.15, 0.2) is 0 Å². The van der Waals surface area contributed by atoms with Gasteiger partial charge in [-0.2, -0.15) is 0 Å². The fourth-order valence-electron chi connectivity index (χ4n) is 2.67. The minimum Gasteiger partial charge on any atom is -0.317 e. The molecule has 0 spiro atoms. The van der Waals surface area contributed by atoms with Gasteiger partial charge in [-0.25, -0.2) is 0 Å². The number of nitrogens with one attached hydrogen (secondary N) is 1. The predicted octanol–water partition coefficient (Wildman–Crippen LogP) is 2.67. The highest BCUT2D eigenvalue weighted by molar-refractivity contribution is 5.00. The van der Waals surface area contributed by atoms with E-state index in [9.17, 15) is 0 Å². The van der Waals surface area contributed by atoms with Crippen molar-refractivity contribution >= 4 is 0 Å². The van der Waals surface area contributed by atoms with Crippen LogP contribution in [0.3, 0.4) is 0 Å². The van der Waals surface area contributed by atoms with Gasteiger partial charge in [0, 0.05) is 6.04 Å². The molecule has 1 fully saturated rings. The zero-order chi connectivity index (χ0) is 9.35. The second-order valence-corrected chi connectivity index (χ2v) is 4.94. The summed E-state index contributed by atoms with van der Waals surface area (Å²) in [6.07, 6.45) is 2.75. The van der Waals surface area contributed by atoms with Crippen LogP contribution >= 0.6 is 0 Å². The Morgan fingerprint density at radius 3 is 1.75 bits per heavy atom. The molecule has 0 aromatic heterocycles. The highest BCUT2D eigenvalue weighted by atomic mass is 14.9. The smallest absolute Gasteiger partial charge is 0.00750 e. The molecular weight excluding hydrogens is 146 g/mol. The third kappa shape index (κ3) is 1.39. The van der Waals surface area contributed by atoms with Gasteiger partial charge in [0.25, 0.3) is 0 Å². The van der Waals surface area contributed by atoms with E-state index in [2.05, 4.69) is 40.1 Å². The highest BCUT2D eigenvalue weighted by Gasteiger charge is 2.47. The normalized spacial score (nSPS) is 23.2. The summed E-state index contributed by atoms with van der Waals surface area (Å²) in [4.78, 5) is 0. The Hall–Kier alpha value is -0.0400. The first-order valence-corrected chi connectivity index (χ1v) is 5.20. The number of hydrogen-bond acceptors (Lipinski definition) is 1. The lowest BCUT2D eigenvalue weighted by atomic mass is 9.54. The van der Waals surface area contributed by atoms with Crippen molar-refractivity contribution in [3.05, 3.63) is 0 Å². The van der Waals surface area contributed by atoms with Gasteiger partial charge < -0.3 is 5.32 Å². The summed E-state index contributed by atoms with van der Waals surface area (Å²) in [5.74, 6) is 1.67. The monoisotopic (exact) mass is 169 g/mol. The number of rotatable bonds is 3. The van der Waals surface area contributed by atoms with Crippen LogP contribution in [0.5, 0.6) is 0 Å². The lowest BCUT2D eigenvalue weighted by Gasteiger charge is -2.54. The minimum absolute atomic E-state index is 0.633. The van der Waals surface area contributed by atoms with E-state index >= 15 is 0 Å². The molecule has 72 valence electrons. The van der Waals surface area contributed by atoms with Crippen molar-refractivity contribution in [3.8, 4) is 0 Å². The van der Waals surface area contributed by atoms with Crippen molar-refractivity contribution in [3.63, 3.8) is 0 Å². The molecule has 0 saturated heterocycles. The van der Waals surface area contributed by atoms with Gasteiger partial charge >= 0.3 is 0 Å². The Kier molecular flexibility index (Phi) is 2.82. The molecule has 1 rings (SSSR count). The van der Waals surface area contributed by atoms with Gasteiger partial charge in [-0.15, -0.1) is 0 Å². The fraction of sp³-hybridized carbons (Fsp3) is 1.00. The molecule has 0 bridgehead atoms. The average Bonchev–Trinajstić information content (AvgIpc) is 1.83. The van der Waals surface area contributed by atoms with Gasteiger partial charge in [-0.3, -0.25) is 0 Å². The molecule has 0 amide bonds. The predicted molar refractivity (Wildman–Crippen MR) is 54.2 cm³/mol. The van der Waals surface area contributed by atoms with E-state index in [-0.39, 0.29) is 0 Å². The van der Waals surface area contributed by atoms with Crippen molar-refractivity contribution < 1.29 is 0 Å². The van der Waals surface area contributed by atoms with Crippen LogP contribution in [0.1, 0.15) is 40.5 Å². The second kappa shape index (κ2) is 3.37. The minimum atomic E-state index is 0.633. The molecule has 1 saturated carbocycles. The summed E-state index contributed by atoms with van der Waals surface area (Å²) in [6.45, 7) is 9.47. The molecule has 1 heteroatoms. The van der Waals surface area contributed by atoms with Crippen LogP contribution in [0.25, 0.3) is 0 Å². The SMILES string of the molecule is CNC1CC(C(C)C)(C(C)C)C1. The summed E-state index contributed by atoms with van der Waals surface area (Å²) < 4.78 is 0. The summed E-state index contributed by atoms with van der Waals surface area (Å²) in [6, 6.07) is 0.787. The van der Waals surface area contributed by atoms with Gasteiger partial charge in [0.15, 0.2) is 0 Å². The van der Waals surface area contributed by atoms with Gasteiger partial charge in [0.2, 0.25) is 0 Å². The van der Waals surface area contributed by atoms with Crippen molar-refractivity contribution in [2.75, 3.05) is 7.05 Å². The van der Waals surface area contributed by atoms with Crippen molar-refractivity contribution in [2.45, 2.75) is 46.6 Å². The molecule has 1 aliphatic carbocycles. The molecule has 0 aliphatic heterocycles. The Morgan fingerprint density at radius 2 is 1.50 bits per heavy atom. The van der Waals surface area contributed by atoms with E-state index in [0.29, 0.717) is 5.41 Å². The van der Waals surface area contributed by atoms with E-state index in [1.54, 1.807) is 0 Å². The Morgan fingerprint density at radius 1 is 1.08 bits per heavy atom. The van der Waals surface area contributed by atoms with E-state index in [1.165, 1.54) is 12.8 Å². The third-order valence-electron chi connectivity index (χ3n) is 3.96. The fourth-order valence-corrected chi connectivity index (χ4v) is 2.67. The molecular formula is C11H23N. The molecule has 1 nitrogen and oxygen atoms in total. The summed E-state index contributed by atoms with van der Waals surface area (Å²) in [5.41, 5.74) is 0.633. The van der Waals surface area contributed by atoms with Crippen molar-refractivity contribution in [2.24, 2.45) is 17.3 Å². The van der Waals surface area contributed by atoms with E-state index in [1.807, 2.05) is 0 Å². The van der Waals surface area contributed by atoms with Crippen LogP contribution in [0.4, 0.5) is 0 Å². The van der Waals surface area contributed by atoms with Gasteiger partial charge in [-0.1, -0.05) is 27.7 Å². The Labute approximate surface area is 76.9 Å². The van der Waals surface area contributed by atoms with Crippen molar-refractivity contribution in [1.82, 2.24) is 5.32 Å². The molecule has 0 heterocycles.